The number of fused-ring (bicyclic) bond motifs is 2. The third-order valence-corrected chi connectivity index (χ3v) is 10.5. The Balaban J connectivity index is 1.16. The van der Waals surface area contributed by atoms with Gasteiger partial charge in [0.15, 0.2) is 0 Å². The molecule has 0 saturated carbocycles. The Hall–Kier alpha value is -4.42. The van der Waals surface area contributed by atoms with Crippen molar-refractivity contribution < 1.29 is 23.8 Å². The van der Waals surface area contributed by atoms with E-state index in [9.17, 15) is 9.59 Å². The van der Waals surface area contributed by atoms with E-state index < -0.39 is 0 Å². The molecule has 0 spiro atoms. The van der Waals surface area contributed by atoms with E-state index in [1.807, 2.05) is 12.1 Å². The lowest BCUT2D eigenvalue weighted by Gasteiger charge is -2.36. The smallest absolute Gasteiger partial charge is 0.337 e. The SMILES string of the molecule is COC(=O)CCCCN(CCc1ccccc1OC1CCCc2cc(CCc3ccccc3)ccc21)C1CCCc2cc(C(=O)OC)ccc21. The van der Waals surface area contributed by atoms with Gasteiger partial charge in [-0.1, -0.05) is 72.8 Å². The monoisotopic (exact) mass is 673 g/mol. The van der Waals surface area contributed by atoms with Crippen molar-refractivity contribution in [1.82, 2.24) is 4.90 Å². The number of ether oxygens (including phenoxy) is 3. The Morgan fingerprint density at radius 1 is 0.700 bits per heavy atom. The number of hydrogen-bond acceptors (Lipinski definition) is 6. The average molecular weight is 674 g/mol. The first-order chi connectivity index (χ1) is 24.5. The first kappa shape index (κ1) is 35.4. The minimum absolute atomic E-state index is 0.0479. The van der Waals surface area contributed by atoms with Crippen LogP contribution in [-0.4, -0.2) is 44.1 Å². The maximum Gasteiger partial charge on any atom is 0.337 e. The Kier molecular flexibility index (Phi) is 12.4. The topological polar surface area (TPSA) is 65.1 Å². The quantitative estimate of drug-likeness (QED) is 0.0928. The average Bonchev–Trinajstić information content (AvgIpc) is 3.16. The van der Waals surface area contributed by atoms with E-state index in [0.29, 0.717) is 12.0 Å². The zero-order chi connectivity index (χ0) is 34.7. The second-order valence-electron chi connectivity index (χ2n) is 13.8. The molecule has 50 heavy (non-hydrogen) atoms. The Morgan fingerprint density at radius 2 is 1.44 bits per heavy atom. The highest BCUT2D eigenvalue weighted by molar-refractivity contribution is 5.89. The lowest BCUT2D eigenvalue weighted by molar-refractivity contribution is -0.140. The molecule has 262 valence electrons. The molecule has 0 N–H and O–H groups in total. The normalized spacial score (nSPS) is 16.7. The molecule has 0 radical (unpaired) electrons. The van der Waals surface area contributed by atoms with Gasteiger partial charge in [-0.05, 0) is 134 Å². The van der Waals surface area contributed by atoms with Gasteiger partial charge in [0.2, 0.25) is 0 Å². The van der Waals surface area contributed by atoms with Gasteiger partial charge in [-0.15, -0.1) is 0 Å². The van der Waals surface area contributed by atoms with Gasteiger partial charge in [-0.25, -0.2) is 4.79 Å². The van der Waals surface area contributed by atoms with Crippen molar-refractivity contribution in [2.24, 2.45) is 0 Å². The molecule has 0 fully saturated rings. The molecule has 0 aromatic heterocycles. The Bertz CT molecular complexity index is 1730. The van der Waals surface area contributed by atoms with Crippen LogP contribution in [0.3, 0.4) is 0 Å². The van der Waals surface area contributed by atoms with Crippen LogP contribution >= 0.6 is 0 Å². The van der Waals surface area contributed by atoms with Crippen LogP contribution in [0, 0.1) is 0 Å². The van der Waals surface area contributed by atoms with Crippen LogP contribution in [0.15, 0.2) is 91.0 Å². The molecule has 0 bridgehead atoms. The van der Waals surface area contributed by atoms with Crippen LogP contribution in [0.5, 0.6) is 5.75 Å². The molecule has 2 aliphatic rings. The van der Waals surface area contributed by atoms with Crippen molar-refractivity contribution in [2.45, 2.75) is 89.2 Å². The number of esters is 2. The summed E-state index contributed by atoms with van der Waals surface area (Å²) in [6.45, 7) is 1.75. The Morgan fingerprint density at radius 3 is 2.26 bits per heavy atom. The summed E-state index contributed by atoms with van der Waals surface area (Å²) in [4.78, 5) is 26.7. The number of rotatable bonds is 15. The fourth-order valence-electron chi connectivity index (χ4n) is 7.80. The lowest BCUT2D eigenvalue weighted by Crippen LogP contribution is -2.34. The van der Waals surface area contributed by atoms with Gasteiger partial charge in [0, 0.05) is 19.0 Å². The summed E-state index contributed by atoms with van der Waals surface area (Å²) < 4.78 is 16.8. The highest BCUT2D eigenvalue weighted by atomic mass is 16.5. The molecule has 6 heteroatoms. The first-order valence-electron chi connectivity index (χ1n) is 18.4. The van der Waals surface area contributed by atoms with E-state index in [1.54, 1.807) is 0 Å². The number of carbonyl (C=O) groups excluding carboxylic acids is 2. The summed E-state index contributed by atoms with van der Waals surface area (Å²) in [6.07, 6.45) is 11.5. The van der Waals surface area contributed by atoms with E-state index in [-0.39, 0.29) is 24.1 Å². The minimum atomic E-state index is -0.296. The van der Waals surface area contributed by atoms with Crippen LogP contribution in [0.2, 0.25) is 0 Å². The summed E-state index contributed by atoms with van der Waals surface area (Å²) >= 11 is 0. The summed E-state index contributed by atoms with van der Waals surface area (Å²) in [5, 5.41) is 0. The Labute approximate surface area is 297 Å². The molecule has 2 unspecified atom stereocenters. The molecular weight excluding hydrogens is 622 g/mol. The number of aryl methyl sites for hydroxylation is 4. The van der Waals surface area contributed by atoms with Crippen LogP contribution < -0.4 is 4.74 Å². The number of hydrogen-bond donors (Lipinski definition) is 0. The van der Waals surface area contributed by atoms with Crippen LogP contribution in [0.25, 0.3) is 0 Å². The number of carbonyl (C=O) groups is 2. The second kappa shape index (κ2) is 17.5. The van der Waals surface area contributed by atoms with Gasteiger partial charge in [-0.3, -0.25) is 9.69 Å². The third-order valence-electron chi connectivity index (χ3n) is 10.5. The van der Waals surface area contributed by atoms with E-state index in [2.05, 4.69) is 83.8 Å². The highest BCUT2D eigenvalue weighted by Crippen LogP contribution is 2.38. The van der Waals surface area contributed by atoms with E-state index in [1.165, 1.54) is 53.2 Å². The molecule has 0 aliphatic heterocycles. The van der Waals surface area contributed by atoms with Crippen molar-refractivity contribution in [2.75, 3.05) is 27.3 Å². The van der Waals surface area contributed by atoms with Gasteiger partial charge in [0.25, 0.3) is 0 Å². The van der Waals surface area contributed by atoms with Crippen LogP contribution in [-0.2, 0) is 46.4 Å². The molecule has 6 nitrogen and oxygen atoms in total. The van der Waals surface area contributed by atoms with Gasteiger partial charge in [-0.2, -0.15) is 0 Å². The molecule has 2 atom stereocenters. The lowest BCUT2D eigenvalue weighted by atomic mass is 9.85. The predicted molar refractivity (Wildman–Crippen MR) is 198 cm³/mol. The fourth-order valence-corrected chi connectivity index (χ4v) is 7.80. The number of para-hydroxylation sites is 1. The standard InChI is InChI=1S/C44H51NO5/c1-48-43(46)20-8-9-28-45(40-17-10-15-36-31-37(44(47)49-2)24-26-38(36)40)29-27-34-14-6-7-18-41(34)50-42-19-11-16-35-30-33(23-25-39(35)42)22-21-32-12-4-3-5-13-32/h3-7,12-14,18,23-26,30-31,40,42H,8-11,15-17,19-22,27-29H2,1-2H3. The molecule has 0 saturated heterocycles. The van der Waals surface area contributed by atoms with E-state index in [4.69, 9.17) is 14.2 Å². The summed E-state index contributed by atoms with van der Waals surface area (Å²) in [6, 6.07) is 32.6. The largest absolute Gasteiger partial charge is 0.485 e. The van der Waals surface area contributed by atoms with Crippen molar-refractivity contribution >= 4 is 11.9 Å². The van der Waals surface area contributed by atoms with Gasteiger partial charge in [0.05, 0.1) is 19.8 Å². The zero-order valence-electron chi connectivity index (χ0n) is 29.7. The van der Waals surface area contributed by atoms with Crippen molar-refractivity contribution in [3.05, 3.63) is 136 Å². The molecule has 2 aliphatic carbocycles. The van der Waals surface area contributed by atoms with E-state index >= 15 is 0 Å². The minimum Gasteiger partial charge on any atom is -0.485 e. The number of methoxy groups -OCH3 is 2. The van der Waals surface area contributed by atoms with Gasteiger partial charge < -0.3 is 14.2 Å². The van der Waals surface area contributed by atoms with Crippen molar-refractivity contribution in [3.8, 4) is 5.75 Å². The zero-order valence-corrected chi connectivity index (χ0v) is 29.7. The maximum atomic E-state index is 12.3. The predicted octanol–water partition coefficient (Wildman–Crippen LogP) is 8.98. The highest BCUT2D eigenvalue weighted by Gasteiger charge is 2.28. The van der Waals surface area contributed by atoms with E-state index in [0.717, 1.165) is 89.5 Å². The van der Waals surface area contributed by atoms with Crippen LogP contribution in [0.4, 0.5) is 0 Å². The number of nitrogens with zero attached hydrogens (tertiary/aromatic N) is 1. The number of unbranched alkanes of at least 4 members (excludes halogenated alkanes) is 1. The molecule has 0 heterocycles. The number of benzene rings is 4. The summed E-state index contributed by atoms with van der Waals surface area (Å²) in [5.74, 6) is 0.514. The van der Waals surface area contributed by atoms with Crippen molar-refractivity contribution in [1.29, 1.82) is 0 Å². The summed E-state index contributed by atoms with van der Waals surface area (Å²) in [5.41, 5.74) is 9.87. The summed E-state index contributed by atoms with van der Waals surface area (Å²) in [7, 11) is 2.88. The molecule has 6 rings (SSSR count). The third kappa shape index (κ3) is 9.02. The van der Waals surface area contributed by atoms with Gasteiger partial charge in [0.1, 0.15) is 11.9 Å². The second-order valence-corrected chi connectivity index (χ2v) is 13.8. The molecule has 4 aromatic rings. The maximum absolute atomic E-state index is 12.3. The molecule has 4 aromatic carbocycles. The molecular formula is C44H51NO5. The van der Waals surface area contributed by atoms with Crippen molar-refractivity contribution in [3.63, 3.8) is 0 Å². The molecule has 0 amide bonds. The first-order valence-corrected chi connectivity index (χ1v) is 18.4. The van der Waals surface area contributed by atoms with Gasteiger partial charge >= 0.3 is 11.9 Å². The fraction of sp³-hybridized carbons (Fsp3) is 0.409. The van der Waals surface area contributed by atoms with Crippen LogP contribution in [0.1, 0.15) is 106 Å².